The normalized spacial score (nSPS) is 15.3. The Morgan fingerprint density at radius 1 is 1.18 bits per heavy atom. The van der Waals surface area contributed by atoms with Crippen LogP contribution in [-0.2, 0) is 24.1 Å². The maximum atomic E-state index is 13.8. The van der Waals surface area contributed by atoms with Crippen LogP contribution >= 0.6 is 23.1 Å². The summed E-state index contributed by atoms with van der Waals surface area (Å²) in [6, 6.07) is 17.5. The minimum absolute atomic E-state index is 0.0404. The summed E-state index contributed by atoms with van der Waals surface area (Å²) in [5.41, 5.74) is 3.90. The van der Waals surface area contributed by atoms with Crippen molar-refractivity contribution in [3.05, 3.63) is 81.0 Å². The van der Waals surface area contributed by atoms with E-state index in [0.717, 1.165) is 47.3 Å². The fraction of sp³-hybridized carbons (Fsp3) is 0.296. The number of nitrogens with one attached hydrogen (secondary N) is 1. The van der Waals surface area contributed by atoms with E-state index in [1.54, 1.807) is 15.9 Å². The minimum atomic E-state index is -0.123. The molecule has 0 spiro atoms. The lowest BCUT2D eigenvalue weighted by atomic mass is 9.89. The highest BCUT2D eigenvalue weighted by Crippen LogP contribution is 2.37. The largest absolute Gasteiger partial charge is 0.325 e. The molecule has 5 rings (SSSR count). The number of para-hydroxylation sites is 1. The molecule has 0 aliphatic heterocycles. The third-order valence-electron chi connectivity index (χ3n) is 6.29. The number of aryl methyl sites for hydroxylation is 2. The molecule has 1 aliphatic carbocycles. The van der Waals surface area contributed by atoms with E-state index in [9.17, 15) is 9.59 Å². The zero-order valence-electron chi connectivity index (χ0n) is 19.3. The Labute approximate surface area is 207 Å². The summed E-state index contributed by atoms with van der Waals surface area (Å²) in [5.74, 6) is 0.672. The van der Waals surface area contributed by atoms with E-state index in [2.05, 4.69) is 19.2 Å². The number of carbonyl (C=O) groups is 1. The van der Waals surface area contributed by atoms with E-state index in [4.69, 9.17) is 4.98 Å². The molecule has 5 nitrogen and oxygen atoms in total. The van der Waals surface area contributed by atoms with Crippen LogP contribution in [0.5, 0.6) is 0 Å². The number of fused-ring (bicyclic) bond motifs is 3. The average molecular weight is 490 g/mol. The van der Waals surface area contributed by atoms with Crippen molar-refractivity contribution < 1.29 is 4.79 Å². The number of rotatable bonds is 6. The third-order valence-corrected chi connectivity index (χ3v) is 8.38. The standard InChI is InChI=1S/C27H27N3O2S2/c1-3-18-10-12-19(13-11-18)28-23(31)16-33-27-29-25-24(21-14-9-17(2)15-22(21)34-25)26(32)30(27)20-7-5-4-6-8-20/h4-8,10-13,17H,3,9,14-16H2,1-2H3,(H,28,31). The molecule has 1 unspecified atom stereocenters. The highest BCUT2D eigenvalue weighted by Gasteiger charge is 2.25. The average Bonchev–Trinajstić information content (AvgIpc) is 3.21. The van der Waals surface area contributed by atoms with Gasteiger partial charge in [0.25, 0.3) is 5.56 Å². The van der Waals surface area contributed by atoms with Gasteiger partial charge in [-0.15, -0.1) is 11.3 Å². The number of thioether (sulfide) groups is 1. The number of carbonyl (C=O) groups excluding carboxylic acids is 1. The van der Waals surface area contributed by atoms with Crippen molar-refractivity contribution in [1.82, 2.24) is 9.55 Å². The Bertz CT molecular complexity index is 1390. The molecular formula is C27H27N3O2S2. The van der Waals surface area contributed by atoms with E-state index in [0.29, 0.717) is 11.1 Å². The van der Waals surface area contributed by atoms with Crippen molar-refractivity contribution in [1.29, 1.82) is 0 Å². The Kier molecular flexibility index (Phi) is 6.57. The van der Waals surface area contributed by atoms with Crippen molar-refractivity contribution in [2.75, 3.05) is 11.1 Å². The second kappa shape index (κ2) is 9.76. The Morgan fingerprint density at radius 2 is 1.94 bits per heavy atom. The van der Waals surface area contributed by atoms with Crippen LogP contribution in [0.2, 0.25) is 0 Å². The summed E-state index contributed by atoms with van der Waals surface area (Å²) in [4.78, 5) is 33.4. The lowest BCUT2D eigenvalue weighted by molar-refractivity contribution is -0.113. The molecule has 1 amide bonds. The number of hydrogen-bond donors (Lipinski definition) is 1. The van der Waals surface area contributed by atoms with Gasteiger partial charge in [-0.05, 0) is 67.0 Å². The summed E-state index contributed by atoms with van der Waals surface area (Å²) in [5, 5.41) is 4.25. The van der Waals surface area contributed by atoms with Gasteiger partial charge in [-0.25, -0.2) is 4.98 Å². The number of benzene rings is 2. The third kappa shape index (κ3) is 4.55. The second-order valence-electron chi connectivity index (χ2n) is 8.79. The van der Waals surface area contributed by atoms with Gasteiger partial charge in [-0.1, -0.05) is 55.9 Å². The predicted octanol–water partition coefficient (Wildman–Crippen LogP) is 5.87. The SMILES string of the molecule is CCc1ccc(NC(=O)CSc2nc3sc4c(c3c(=O)n2-c2ccccc2)CCC(C)C4)cc1. The number of aromatic nitrogens is 2. The van der Waals surface area contributed by atoms with Gasteiger partial charge in [0, 0.05) is 10.6 Å². The van der Waals surface area contributed by atoms with Gasteiger partial charge in [0.2, 0.25) is 5.91 Å². The molecule has 0 bridgehead atoms. The highest BCUT2D eigenvalue weighted by molar-refractivity contribution is 7.99. The van der Waals surface area contributed by atoms with Crippen molar-refractivity contribution in [2.45, 2.75) is 44.7 Å². The van der Waals surface area contributed by atoms with Crippen LogP contribution in [0.3, 0.4) is 0 Å². The fourth-order valence-electron chi connectivity index (χ4n) is 4.42. The van der Waals surface area contributed by atoms with Gasteiger partial charge >= 0.3 is 0 Å². The molecule has 0 saturated carbocycles. The topological polar surface area (TPSA) is 64.0 Å². The molecule has 34 heavy (non-hydrogen) atoms. The van der Waals surface area contributed by atoms with Gasteiger partial charge in [0.15, 0.2) is 5.16 Å². The molecule has 1 atom stereocenters. The van der Waals surface area contributed by atoms with E-state index in [1.165, 1.54) is 27.8 Å². The first-order valence-electron chi connectivity index (χ1n) is 11.7. The van der Waals surface area contributed by atoms with E-state index in [1.807, 2.05) is 54.6 Å². The molecule has 2 aromatic heterocycles. The van der Waals surface area contributed by atoms with E-state index >= 15 is 0 Å². The zero-order chi connectivity index (χ0) is 23.7. The van der Waals surface area contributed by atoms with Gasteiger partial charge in [-0.2, -0.15) is 0 Å². The molecule has 0 fully saturated rings. The van der Waals surface area contributed by atoms with Crippen molar-refractivity contribution in [2.24, 2.45) is 5.92 Å². The Balaban J connectivity index is 1.48. The Hall–Kier alpha value is -2.90. The highest BCUT2D eigenvalue weighted by atomic mass is 32.2. The number of anilines is 1. The Morgan fingerprint density at radius 3 is 2.68 bits per heavy atom. The van der Waals surface area contributed by atoms with Crippen LogP contribution < -0.4 is 10.9 Å². The summed E-state index contributed by atoms with van der Waals surface area (Å²) in [7, 11) is 0. The van der Waals surface area contributed by atoms with E-state index in [-0.39, 0.29) is 17.2 Å². The van der Waals surface area contributed by atoms with Crippen molar-refractivity contribution in [3.63, 3.8) is 0 Å². The molecule has 1 aliphatic rings. The number of nitrogens with zero attached hydrogens (tertiary/aromatic N) is 2. The molecule has 7 heteroatoms. The van der Waals surface area contributed by atoms with Gasteiger partial charge in [0.1, 0.15) is 4.83 Å². The molecular weight excluding hydrogens is 462 g/mol. The number of amides is 1. The van der Waals surface area contributed by atoms with Crippen molar-refractivity contribution in [3.8, 4) is 5.69 Å². The van der Waals surface area contributed by atoms with Crippen LogP contribution in [-0.4, -0.2) is 21.2 Å². The second-order valence-corrected chi connectivity index (χ2v) is 10.8. The smallest absolute Gasteiger partial charge is 0.267 e. The maximum Gasteiger partial charge on any atom is 0.267 e. The molecule has 174 valence electrons. The fourth-order valence-corrected chi connectivity index (χ4v) is 6.66. The molecule has 0 radical (unpaired) electrons. The quantitative estimate of drug-likeness (QED) is 0.272. The number of hydrogen-bond acceptors (Lipinski definition) is 5. The van der Waals surface area contributed by atoms with Crippen LogP contribution in [0.25, 0.3) is 15.9 Å². The molecule has 2 aromatic carbocycles. The zero-order valence-corrected chi connectivity index (χ0v) is 21.0. The van der Waals surface area contributed by atoms with Crippen molar-refractivity contribution >= 4 is 44.9 Å². The summed E-state index contributed by atoms with van der Waals surface area (Å²) in [6.45, 7) is 4.36. The van der Waals surface area contributed by atoms with Gasteiger partial charge in [0.05, 0.1) is 16.8 Å². The summed E-state index contributed by atoms with van der Waals surface area (Å²) in [6.07, 6.45) is 3.98. The first kappa shape index (κ1) is 22.9. The molecule has 2 heterocycles. The van der Waals surface area contributed by atoms with Gasteiger partial charge < -0.3 is 5.32 Å². The van der Waals surface area contributed by atoms with Crippen LogP contribution in [0, 0.1) is 5.92 Å². The first-order chi connectivity index (χ1) is 16.5. The summed E-state index contributed by atoms with van der Waals surface area (Å²) >= 11 is 2.94. The summed E-state index contributed by atoms with van der Waals surface area (Å²) < 4.78 is 1.67. The molecule has 1 N–H and O–H groups in total. The maximum absolute atomic E-state index is 13.8. The molecule has 4 aromatic rings. The van der Waals surface area contributed by atoms with Crippen LogP contribution in [0.1, 0.15) is 36.3 Å². The van der Waals surface area contributed by atoms with Gasteiger partial charge in [-0.3, -0.25) is 14.2 Å². The minimum Gasteiger partial charge on any atom is -0.325 e. The lowest BCUT2D eigenvalue weighted by Crippen LogP contribution is -2.23. The first-order valence-corrected chi connectivity index (χ1v) is 13.5. The lowest BCUT2D eigenvalue weighted by Gasteiger charge is -2.17. The van der Waals surface area contributed by atoms with Crippen LogP contribution in [0.4, 0.5) is 5.69 Å². The van der Waals surface area contributed by atoms with Crippen LogP contribution in [0.15, 0.2) is 64.5 Å². The molecule has 0 saturated heterocycles. The monoisotopic (exact) mass is 489 g/mol. The van der Waals surface area contributed by atoms with E-state index < -0.39 is 0 Å². The number of thiophene rings is 1. The predicted molar refractivity (Wildman–Crippen MR) is 142 cm³/mol.